The molecule has 2 N–H and O–H groups in total. The van der Waals surface area contributed by atoms with Crippen molar-refractivity contribution in [1.29, 1.82) is 0 Å². The molecule has 0 aliphatic heterocycles. The van der Waals surface area contributed by atoms with Crippen molar-refractivity contribution in [2.24, 2.45) is 0 Å². The topological polar surface area (TPSA) is 116 Å². The van der Waals surface area contributed by atoms with Crippen molar-refractivity contribution in [2.45, 2.75) is 11.9 Å². The summed E-state index contributed by atoms with van der Waals surface area (Å²) in [7, 11) is -2.60. The van der Waals surface area contributed by atoms with Gasteiger partial charge in [-0.3, -0.25) is 9.40 Å². The summed E-state index contributed by atoms with van der Waals surface area (Å²) in [6.45, 7) is 1.51. The Balaban J connectivity index is 2.52. The molecule has 0 atom stereocenters. The molecular formula is C9H10N4O4S2. The van der Waals surface area contributed by atoms with Crippen LogP contribution in [0.4, 0.5) is 5.00 Å². The van der Waals surface area contributed by atoms with Crippen LogP contribution in [-0.2, 0) is 10.0 Å². The third-order valence-corrected chi connectivity index (χ3v) is 5.28. The highest BCUT2D eigenvalue weighted by atomic mass is 32.2. The Morgan fingerprint density at radius 3 is 2.74 bits per heavy atom. The molecule has 0 aromatic carbocycles. The zero-order valence-corrected chi connectivity index (χ0v) is 11.6. The lowest BCUT2D eigenvalue weighted by atomic mass is 10.2. The minimum absolute atomic E-state index is 0.0552. The standard InChI is InChI=1S/C9H10N4O4S2/c1-5-7(9(14)15)8(18-12-5)13(2)19(16,17)6-3-4-10-11-6/h3-4H,1-2H3,(H,10,11)(H,14,15). The summed E-state index contributed by atoms with van der Waals surface area (Å²) in [5.41, 5.74) is 0.162. The SMILES string of the molecule is Cc1nsc(N(C)S(=O)(=O)c2ccn[nH]2)c1C(=O)O. The normalized spacial score (nSPS) is 11.5. The molecule has 0 saturated carbocycles. The van der Waals surface area contributed by atoms with Crippen molar-refractivity contribution in [3.8, 4) is 0 Å². The van der Waals surface area contributed by atoms with Gasteiger partial charge in [-0.1, -0.05) is 0 Å². The zero-order valence-electron chi connectivity index (χ0n) is 9.98. The first kappa shape index (κ1) is 13.5. The number of sulfonamides is 1. The van der Waals surface area contributed by atoms with Gasteiger partial charge in [0.15, 0.2) is 5.03 Å². The highest BCUT2D eigenvalue weighted by molar-refractivity contribution is 7.92. The number of carbonyl (C=O) groups is 1. The Bertz CT molecular complexity index is 705. The van der Waals surface area contributed by atoms with Gasteiger partial charge in [0.2, 0.25) is 0 Å². The van der Waals surface area contributed by atoms with Gasteiger partial charge in [-0.05, 0) is 24.5 Å². The first-order valence-electron chi connectivity index (χ1n) is 5.03. The average molecular weight is 302 g/mol. The molecule has 0 aliphatic rings. The van der Waals surface area contributed by atoms with E-state index in [1.54, 1.807) is 0 Å². The number of aromatic carboxylic acids is 1. The highest BCUT2D eigenvalue weighted by Gasteiger charge is 2.29. The van der Waals surface area contributed by atoms with Crippen molar-refractivity contribution in [3.05, 3.63) is 23.5 Å². The molecule has 0 amide bonds. The van der Waals surface area contributed by atoms with Crippen LogP contribution in [0.1, 0.15) is 16.1 Å². The van der Waals surface area contributed by atoms with Gasteiger partial charge in [0.25, 0.3) is 10.0 Å². The minimum atomic E-state index is -3.87. The van der Waals surface area contributed by atoms with Crippen molar-refractivity contribution in [1.82, 2.24) is 14.6 Å². The maximum absolute atomic E-state index is 12.2. The number of carboxylic acid groups (broad SMARTS) is 1. The molecule has 0 spiro atoms. The molecule has 2 rings (SSSR count). The molecule has 2 aromatic rings. The molecule has 2 aromatic heterocycles. The van der Waals surface area contributed by atoms with Gasteiger partial charge in [-0.25, -0.2) is 4.79 Å². The fourth-order valence-electron chi connectivity index (χ4n) is 1.46. The summed E-state index contributed by atoms with van der Waals surface area (Å²) in [5, 5.41) is 15.0. The van der Waals surface area contributed by atoms with Gasteiger partial charge in [0, 0.05) is 7.05 Å². The predicted octanol–water partition coefficient (Wildman–Crippen LogP) is 0.698. The molecular weight excluding hydrogens is 292 g/mol. The lowest BCUT2D eigenvalue weighted by molar-refractivity contribution is 0.0697. The van der Waals surface area contributed by atoms with E-state index in [0.717, 1.165) is 15.8 Å². The third-order valence-electron chi connectivity index (χ3n) is 2.46. The van der Waals surface area contributed by atoms with Crippen LogP contribution in [0.15, 0.2) is 17.3 Å². The number of aryl methyl sites for hydroxylation is 1. The number of aromatic nitrogens is 3. The third kappa shape index (κ3) is 2.19. The van der Waals surface area contributed by atoms with Gasteiger partial charge < -0.3 is 5.11 Å². The lowest BCUT2D eigenvalue weighted by Gasteiger charge is -2.16. The van der Waals surface area contributed by atoms with E-state index in [-0.39, 0.29) is 21.3 Å². The van der Waals surface area contributed by atoms with Crippen molar-refractivity contribution in [3.63, 3.8) is 0 Å². The van der Waals surface area contributed by atoms with Gasteiger partial charge in [-0.2, -0.15) is 17.9 Å². The second-order valence-electron chi connectivity index (χ2n) is 3.65. The predicted molar refractivity (Wildman–Crippen MR) is 68.0 cm³/mol. The van der Waals surface area contributed by atoms with Crippen molar-refractivity contribution >= 4 is 32.5 Å². The molecule has 102 valence electrons. The molecule has 8 nitrogen and oxygen atoms in total. The molecule has 0 radical (unpaired) electrons. The van der Waals surface area contributed by atoms with E-state index >= 15 is 0 Å². The fourth-order valence-corrected chi connectivity index (χ4v) is 3.62. The number of carboxylic acids is 1. The van der Waals surface area contributed by atoms with Gasteiger partial charge >= 0.3 is 5.97 Å². The number of anilines is 1. The Morgan fingerprint density at radius 1 is 1.53 bits per heavy atom. The van der Waals surface area contributed by atoms with E-state index in [1.165, 1.54) is 26.2 Å². The Labute approximate surface area is 112 Å². The molecule has 0 unspecified atom stereocenters. The minimum Gasteiger partial charge on any atom is -0.478 e. The number of H-pyrrole nitrogens is 1. The van der Waals surface area contributed by atoms with Crippen molar-refractivity contribution < 1.29 is 18.3 Å². The Morgan fingerprint density at radius 2 is 2.21 bits per heavy atom. The van der Waals surface area contributed by atoms with Crippen LogP contribution in [0.2, 0.25) is 0 Å². The number of aromatic amines is 1. The van der Waals surface area contributed by atoms with Crippen molar-refractivity contribution in [2.75, 3.05) is 11.4 Å². The van der Waals surface area contributed by atoms with Gasteiger partial charge in [-0.15, -0.1) is 0 Å². The van der Waals surface area contributed by atoms with Crippen LogP contribution in [0.5, 0.6) is 0 Å². The molecule has 0 fully saturated rings. The van der Waals surface area contributed by atoms with E-state index in [0.29, 0.717) is 0 Å². The van der Waals surface area contributed by atoms with Crippen LogP contribution < -0.4 is 4.31 Å². The lowest BCUT2D eigenvalue weighted by Crippen LogP contribution is -2.27. The quantitative estimate of drug-likeness (QED) is 0.858. The van der Waals surface area contributed by atoms with Crippen LogP contribution in [0, 0.1) is 6.92 Å². The fraction of sp³-hybridized carbons (Fsp3) is 0.222. The number of hydrogen-bond donors (Lipinski definition) is 2. The molecule has 10 heteroatoms. The van der Waals surface area contributed by atoms with Crippen LogP contribution in [-0.4, -0.2) is 41.1 Å². The summed E-state index contributed by atoms with van der Waals surface area (Å²) in [6, 6.07) is 1.29. The summed E-state index contributed by atoms with van der Waals surface area (Å²) in [5.74, 6) is -1.21. The number of hydrogen-bond acceptors (Lipinski definition) is 6. The average Bonchev–Trinajstić information content (AvgIpc) is 2.96. The molecule has 2 heterocycles. The van der Waals surface area contributed by atoms with Crippen LogP contribution in [0.25, 0.3) is 0 Å². The summed E-state index contributed by atoms with van der Waals surface area (Å²) in [4.78, 5) is 11.1. The second-order valence-corrected chi connectivity index (χ2v) is 6.34. The van der Waals surface area contributed by atoms with E-state index in [9.17, 15) is 13.2 Å². The number of nitrogens with one attached hydrogen (secondary N) is 1. The maximum Gasteiger partial charge on any atom is 0.340 e. The van der Waals surface area contributed by atoms with Crippen LogP contribution >= 0.6 is 11.5 Å². The first-order chi connectivity index (χ1) is 8.85. The highest BCUT2D eigenvalue weighted by Crippen LogP contribution is 2.31. The van der Waals surface area contributed by atoms with Gasteiger partial charge in [0.1, 0.15) is 10.6 Å². The summed E-state index contributed by atoms with van der Waals surface area (Å²) >= 11 is 0.818. The molecule has 0 aliphatic carbocycles. The molecule has 0 bridgehead atoms. The number of nitrogens with zero attached hydrogens (tertiary/aromatic N) is 3. The first-order valence-corrected chi connectivity index (χ1v) is 7.25. The smallest absolute Gasteiger partial charge is 0.340 e. The monoisotopic (exact) mass is 302 g/mol. The number of rotatable bonds is 4. The maximum atomic E-state index is 12.2. The van der Waals surface area contributed by atoms with E-state index < -0.39 is 16.0 Å². The largest absolute Gasteiger partial charge is 0.478 e. The second kappa shape index (κ2) is 4.63. The molecule has 0 saturated heterocycles. The Hall–Kier alpha value is -1.94. The van der Waals surface area contributed by atoms with Gasteiger partial charge in [0.05, 0.1) is 11.9 Å². The zero-order chi connectivity index (χ0) is 14.2. The summed E-state index contributed by atoms with van der Waals surface area (Å²) in [6.07, 6.45) is 1.30. The van der Waals surface area contributed by atoms with Crippen LogP contribution in [0.3, 0.4) is 0 Å². The Kier molecular flexibility index (Phi) is 3.28. The summed E-state index contributed by atoms with van der Waals surface area (Å²) < 4.78 is 29.2. The van der Waals surface area contributed by atoms with E-state index in [4.69, 9.17) is 5.11 Å². The van der Waals surface area contributed by atoms with E-state index in [2.05, 4.69) is 14.6 Å². The van der Waals surface area contributed by atoms with E-state index in [1.807, 2.05) is 0 Å². The molecule has 19 heavy (non-hydrogen) atoms.